The average Bonchev–Trinajstić information content (AvgIpc) is 2.93. The third kappa shape index (κ3) is 3.28. The summed E-state index contributed by atoms with van der Waals surface area (Å²) < 4.78 is 32.1. The minimum Gasteiger partial charge on any atom is -0.497 e. The second-order valence-electron chi connectivity index (χ2n) is 4.84. The molecule has 2 rings (SSSR count). The first kappa shape index (κ1) is 16.0. The van der Waals surface area contributed by atoms with Crippen molar-refractivity contribution in [2.45, 2.75) is 24.1 Å². The van der Waals surface area contributed by atoms with Crippen LogP contribution in [0.15, 0.2) is 40.6 Å². The molecule has 4 nitrogen and oxygen atoms in total. The number of benzene rings is 1. The van der Waals surface area contributed by atoms with Crippen LogP contribution >= 0.6 is 11.3 Å². The van der Waals surface area contributed by atoms with E-state index in [2.05, 4.69) is 0 Å². The maximum absolute atomic E-state index is 12.6. The number of aryl methyl sites for hydroxylation is 1. The number of rotatable bonds is 5. The Hall–Kier alpha value is -1.37. The van der Waals surface area contributed by atoms with E-state index in [1.165, 1.54) is 15.6 Å². The van der Waals surface area contributed by atoms with Crippen LogP contribution in [0.25, 0.3) is 0 Å². The lowest BCUT2D eigenvalue weighted by atomic mass is 10.1. The van der Waals surface area contributed by atoms with Crippen LogP contribution in [0.4, 0.5) is 0 Å². The molecular weight excluding hydrogens is 306 g/mol. The molecule has 1 aromatic heterocycles. The Morgan fingerprint density at radius 1 is 1.14 bits per heavy atom. The van der Waals surface area contributed by atoms with Gasteiger partial charge in [-0.1, -0.05) is 12.1 Å². The second kappa shape index (κ2) is 6.17. The molecule has 2 aromatic rings. The van der Waals surface area contributed by atoms with Gasteiger partial charge in [-0.05, 0) is 43.7 Å². The van der Waals surface area contributed by atoms with E-state index in [1.54, 1.807) is 20.2 Å². The zero-order valence-corrected chi connectivity index (χ0v) is 14.2. The summed E-state index contributed by atoms with van der Waals surface area (Å²) in [5.74, 6) is 0.755. The summed E-state index contributed by atoms with van der Waals surface area (Å²) in [6.45, 7) is 3.77. The standard InChI is InChI=1S/C15H19NO3S2/c1-11-5-10-15(20-11)21(17,18)16(3)12(2)13-6-8-14(19-4)9-7-13/h5-10,12H,1-4H3. The Kier molecular flexibility index (Phi) is 4.70. The molecule has 0 radical (unpaired) electrons. The number of methoxy groups -OCH3 is 1. The topological polar surface area (TPSA) is 46.6 Å². The molecule has 1 atom stereocenters. The third-order valence-corrected chi connectivity index (χ3v) is 6.89. The van der Waals surface area contributed by atoms with Crippen LogP contribution in [-0.2, 0) is 10.0 Å². The van der Waals surface area contributed by atoms with Gasteiger partial charge in [0.1, 0.15) is 9.96 Å². The van der Waals surface area contributed by atoms with Gasteiger partial charge in [0.05, 0.1) is 7.11 Å². The first-order valence-electron chi connectivity index (χ1n) is 6.54. The van der Waals surface area contributed by atoms with Crippen LogP contribution in [0, 0.1) is 6.92 Å². The highest BCUT2D eigenvalue weighted by Crippen LogP contribution is 2.30. The van der Waals surface area contributed by atoms with Gasteiger partial charge in [0.2, 0.25) is 0 Å². The number of nitrogens with zero attached hydrogens (tertiary/aromatic N) is 1. The van der Waals surface area contributed by atoms with Gasteiger partial charge in [-0.15, -0.1) is 11.3 Å². The molecular formula is C15H19NO3S2. The first-order valence-corrected chi connectivity index (χ1v) is 8.80. The Balaban J connectivity index is 2.27. The van der Waals surface area contributed by atoms with Crippen LogP contribution in [0.2, 0.25) is 0 Å². The SMILES string of the molecule is COc1ccc(C(C)N(C)S(=O)(=O)c2ccc(C)s2)cc1. The van der Waals surface area contributed by atoms with Crippen molar-refractivity contribution in [1.82, 2.24) is 4.31 Å². The second-order valence-corrected chi connectivity index (χ2v) is 8.35. The molecule has 21 heavy (non-hydrogen) atoms. The Morgan fingerprint density at radius 2 is 1.76 bits per heavy atom. The molecule has 0 aliphatic heterocycles. The lowest BCUT2D eigenvalue weighted by molar-refractivity contribution is 0.397. The van der Waals surface area contributed by atoms with E-state index in [9.17, 15) is 8.42 Å². The molecule has 0 amide bonds. The zero-order valence-electron chi connectivity index (χ0n) is 12.5. The zero-order chi connectivity index (χ0) is 15.6. The number of hydrogen-bond donors (Lipinski definition) is 0. The van der Waals surface area contributed by atoms with Crippen LogP contribution < -0.4 is 4.74 Å². The highest BCUT2D eigenvalue weighted by molar-refractivity contribution is 7.91. The van der Waals surface area contributed by atoms with Gasteiger partial charge in [-0.3, -0.25) is 0 Å². The number of hydrogen-bond acceptors (Lipinski definition) is 4. The molecule has 114 valence electrons. The van der Waals surface area contributed by atoms with Gasteiger partial charge < -0.3 is 4.74 Å². The van der Waals surface area contributed by atoms with Gasteiger partial charge in [0, 0.05) is 18.0 Å². The lowest BCUT2D eigenvalue weighted by Gasteiger charge is -2.24. The Bertz CT molecular complexity index is 705. The summed E-state index contributed by atoms with van der Waals surface area (Å²) in [6, 6.07) is 10.7. The van der Waals surface area contributed by atoms with E-state index in [1.807, 2.05) is 44.2 Å². The highest BCUT2D eigenvalue weighted by atomic mass is 32.2. The fraction of sp³-hybridized carbons (Fsp3) is 0.333. The summed E-state index contributed by atoms with van der Waals surface area (Å²) in [5.41, 5.74) is 0.926. The molecule has 0 aliphatic rings. The minimum atomic E-state index is -3.46. The number of sulfonamides is 1. The predicted octanol–water partition coefficient (Wildman–Crippen LogP) is 3.45. The van der Waals surface area contributed by atoms with Gasteiger partial charge in [-0.2, -0.15) is 4.31 Å². The van der Waals surface area contributed by atoms with Crippen LogP contribution in [0.3, 0.4) is 0 Å². The van der Waals surface area contributed by atoms with Crippen molar-refractivity contribution >= 4 is 21.4 Å². The fourth-order valence-electron chi connectivity index (χ4n) is 1.99. The quantitative estimate of drug-likeness (QED) is 0.846. The normalized spacial score (nSPS) is 13.4. The van der Waals surface area contributed by atoms with E-state index < -0.39 is 10.0 Å². The molecule has 1 heterocycles. The van der Waals surface area contributed by atoms with Crippen LogP contribution in [0.1, 0.15) is 23.4 Å². The van der Waals surface area contributed by atoms with Crippen molar-refractivity contribution in [2.24, 2.45) is 0 Å². The Labute approximate surface area is 130 Å². The van der Waals surface area contributed by atoms with Gasteiger partial charge >= 0.3 is 0 Å². The van der Waals surface area contributed by atoms with E-state index >= 15 is 0 Å². The fourth-order valence-corrected chi connectivity index (χ4v) is 4.81. The molecule has 0 fully saturated rings. The lowest BCUT2D eigenvalue weighted by Crippen LogP contribution is -2.29. The predicted molar refractivity (Wildman–Crippen MR) is 85.4 cm³/mol. The van der Waals surface area contributed by atoms with Crippen molar-refractivity contribution < 1.29 is 13.2 Å². The van der Waals surface area contributed by atoms with E-state index in [0.29, 0.717) is 4.21 Å². The maximum Gasteiger partial charge on any atom is 0.252 e. The molecule has 1 unspecified atom stereocenters. The van der Waals surface area contributed by atoms with Crippen molar-refractivity contribution in [1.29, 1.82) is 0 Å². The largest absolute Gasteiger partial charge is 0.497 e. The van der Waals surface area contributed by atoms with Crippen molar-refractivity contribution in [3.05, 3.63) is 46.8 Å². The first-order chi connectivity index (χ1) is 9.86. The van der Waals surface area contributed by atoms with E-state index in [0.717, 1.165) is 16.2 Å². The summed E-state index contributed by atoms with van der Waals surface area (Å²) in [5, 5.41) is 0. The third-order valence-electron chi connectivity index (χ3n) is 3.49. The molecule has 6 heteroatoms. The maximum atomic E-state index is 12.6. The summed E-state index contributed by atoms with van der Waals surface area (Å²) in [6.07, 6.45) is 0. The summed E-state index contributed by atoms with van der Waals surface area (Å²) in [7, 11) is -0.245. The number of thiophene rings is 1. The monoisotopic (exact) mass is 325 g/mol. The van der Waals surface area contributed by atoms with E-state index in [4.69, 9.17) is 4.74 Å². The van der Waals surface area contributed by atoms with Crippen molar-refractivity contribution in [2.75, 3.05) is 14.2 Å². The summed E-state index contributed by atoms with van der Waals surface area (Å²) >= 11 is 1.29. The Morgan fingerprint density at radius 3 is 2.24 bits per heavy atom. The van der Waals surface area contributed by atoms with Gasteiger partial charge in [0.15, 0.2) is 0 Å². The minimum absolute atomic E-state index is 0.247. The van der Waals surface area contributed by atoms with Crippen LogP contribution in [-0.4, -0.2) is 26.9 Å². The van der Waals surface area contributed by atoms with Gasteiger partial charge in [0.25, 0.3) is 10.0 Å². The molecule has 0 saturated carbocycles. The van der Waals surface area contributed by atoms with Crippen LogP contribution in [0.5, 0.6) is 5.75 Å². The molecule has 0 N–H and O–H groups in total. The summed E-state index contributed by atoms with van der Waals surface area (Å²) in [4.78, 5) is 0.985. The van der Waals surface area contributed by atoms with Crippen molar-refractivity contribution in [3.8, 4) is 5.75 Å². The molecule has 0 bridgehead atoms. The molecule has 0 spiro atoms. The highest BCUT2D eigenvalue weighted by Gasteiger charge is 2.27. The van der Waals surface area contributed by atoms with Crippen molar-refractivity contribution in [3.63, 3.8) is 0 Å². The van der Waals surface area contributed by atoms with E-state index in [-0.39, 0.29) is 6.04 Å². The average molecular weight is 325 g/mol. The smallest absolute Gasteiger partial charge is 0.252 e. The molecule has 0 aliphatic carbocycles. The number of ether oxygens (including phenoxy) is 1. The van der Waals surface area contributed by atoms with Gasteiger partial charge in [-0.25, -0.2) is 8.42 Å². The molecule has 1 aromatic carbocycles. The molecule has 0 saturated heterocycles.